The zero-order valence-electron chi connectivity index (χ0n) is 40.3. The van der Waals surface area contributed by atoms with Crippen LogP contribution in [0.1, 0.15) is 150 Å². The predicted molar refractivity (Wildman–Crippen MR) is 256 cm³/mol. The van der Waals surface area contributed by atoms with Crippen molar-refractivity contribution in [1.82, 2.24) is 0 Å². The van der Waals surface area contributed by atoms with Crippen molar-refractivity contribution in [2.24, 2.45) is 10.2 Å². The summed E-state index contributed by atoms with van der Waals surface area (Å²) in [7, 11) is 0. The van der Waals surface area contributed by atoms with Crippen molar-refractivity contribution in [3.63, 3.8) is 0 Å². The van der Waals surface area contributed by atoms with Crippen LogP contribution >= 0.6 is 0 Å². The smallest absolute Gasteiger partial charge is 0.126 e. The van der Waals surface area contributed by atoms with E-state index in [1.165, 1.54) is 0 Å². The van der Waals surface area contributed by atoms with Crippen molar-refractivity contribution in [2.45, 2.75) is 130 Å². The number of ether oxygens (including phenoxy) is 4. The molecule has 5 rings (SSSR count). The number of hydrogen-bond donors (Lipinski definition) is 2. The van der Waals surface area contributed by atoms with Gasteiger partial charge in [-0.2, -0.15) is 0 Å². The number of fused-ring (bicyclic) bond motifs is 8. The lowest BCUT2D eigenvalue weighted by Gasteiger charge is -2.28. The predicted octanol–water partition coefficient (Wildman–Crippen LogP) is 12.4. The first-order chi connectivity index (χ1) is 30.0. The van der Waals surface area contributed by atoms with E-state index in [1.807, 2.05) is 0 Å². The van der Waals surface area contributed by atoms with Crippen LogP contribution < -0.4 is 9.47 Å². The molecule has 4 aromatic carbocycles. The van der Waals surface area contributed by atoms with E-state index in [2.05, 4.69) is 152 Å². The zero-order chi connectivity index (χ0) is 47.0. The minimum absolute atomic E-state index is 0.225. The van der Waals surface area contributed by atoms with E-state index in [9.17, 15) is 10.2 Å². The van der Waals surface area contributed by atoms with Gasteiger partial charge in [-0.15, -0.1) is 0 Å². The molecule has 8 bridgehead atoms. The largest absolute Gasteiger partial charge is 0.507 e. The lowest BCUT2D eigenvalue weighted by molar-refractivity contribution is 0.105. The topological polar surface area (TPSA) is 175 Å². The van der Waals surface area contributed by atoms with Crippen molar-refractivity contribution in [3.8, 4) is 23.0 Å². The third-order valence-electron chi connectivity index (χ3n) is 11.8. The van der Waals surface area contributed by atoms with Gasteiger partial charge in [-0.05, 0) is 99.5 Å². The maximum Gasteiger partial charge on any atom is 0.126 e. The van der Waals surface area contributed by atoms with E-state index < -0.39 is 0 Å². The van der Waals surface area contributed by atoms with Gasteiger partial charge in [0.15, 0.2) is 0 Å². The molecule has 0 heterocycles. The second-order valence-corrected chi connectivity index (χ2v) is 21.1. The molecule has 0 saturated carbocycles. The lowest BCUT2D eigenvalue weighted by atomic mass is 9.79. The molecular formula is C52H70N6O6. The minimum Gasteiger partial charge on any atom is -0.507 e. The van der Waals surface area contributed by atoms with E-state index in [4.69, 9.17) is 30.0 Å². The molecule has 1 aliphatic rings. The lowest BCUT2D eigenvalue weighted by Crippen LogP contribution is -2.17. The first-order valence-electron chi connectivity index (χ1n) is 22.5. The van der Waals surface area contributed by atoms with E-state index in [1.54, 1.807) is 0 Å². The van der Waals surface area contributed by atoms with Crippen molar-refractivity contribution >= 4 is 0 Å². The summed E-state index contributed by atoms with van der Waals surface area (Å²) in [6.07, 6.45) is 1.54. The molecule has 4 aromatic rings. The van der Waals surface area contributed by atoms with Crippen LogP contribution in [0.2, 0.25) is 0 Å². The van der Waals surface area contributed by atoms with E-state index in [0.717, 1.165) is 66.8 Å². The minimum atomic E-state index is -0.238. The first-order valence-corrected chi connectivity index (χ1v) is 22.5. The van der Waals surface area contributed by atoms with E-state index in [0.29, 0.717) is 37.2 Å². The highest BCUT2D eigenvalue weighted by atomic mass is 16.5. The SMILES string of the molecule is CC(C)(C)c1cc2c(O)c(c1)Cc1cc(C(C)(C)C)cc(c1OCCOCCN=[N+]=[N-])Cc1cc(C(C)(C)C)cc(c1O)Cc1cc(C(C)(C)C)cc(c1OCCOCCN=[N+]=[N-])C2. The Morgan fingerprint density at radius 3 is 0.906 bits per heavy atom. The zero-order valence-corrected chi connectivity index (χ0v) is 40.3. The standard InChI is InChI=1S/C52H70N6O6/c1-49(2,3)41-25-33-21-37-29-43(51(7,8)9)31-39(47(37)63-19-17-61-15-13-55-57-53)23-35-27-42(50(4,5)6)28-36(46(35)60)24-40-32-44(52(10,11)12)30-38(22-34(26-41)45(33)59)48(40)64-20-18-62-16-14-56-58-54/h25-32,59-60H,13-24H2,1-12H3. The normalized spacial score (nSPS) is 13.2. The molecule has 12 heteroatoms. The Morgan fingerprint density at radius 1 is 0.422 bits per heavy atom. The Morgan fingerprint density at radius 2 is 0.672 bits per heavy atom. The molecule has 0 fully saturated rings. The fourth-order valence-corrected chi connectivity index (χ4v) is 7.93. The molecule has 0 unspecified atom stereocenters. The van der Waals surface area contributed by atoms with Crippen molar-refractivity contribution < 1.29 is 29.2 Å². The van der Waals surface area contributed by atoms with Gasteiger partial charge in [0.2, 0.25) is 0 Å². The molecular weight excluding hydrogens is 805 g/mol. The van der Waals surface area contributed by atoms with E-state index in [-0.39, 0.29) is 85.9 Å². The Hall–Kier alpha value is -5.38. The van der Waals surface area contributed by atoms with Crippen LogP contribution in [0.15, 0.2) is 58.8 Å². The van der Waals surface area contributed by atoms with Crippen molar-refractivity contribution in [2.75, 3.05) is 52.7 Å². The summed E-state index contributed by atoms with van der Waals surface area (Å²) in [4.78, 5) is 5.65. The van der Waals surface area contributed by atoms with Gasteiger partial charge in [-0.1, -0.05) is 142 Å². The monoisotopic (exact) mass is 875 g/mol. The van der Waals surface area contributed by atoms with Crippen LogP contribution in [0.3, 0.4) is 0 Å². The molecule has 64 heavy (non-hydrogen) atoms. The Kier molecular flexibility index (Phi) is 16.0. The highest BCUT2D eigenvalue weighted by Gasteiger charge is 2.28. The molecule has 0 radical (unpaired) electrons. The summed E-state index contributed by atoms with van der Waals surface area (Å²) in [5, 5.41) is 32.2. The quantitative estimate of drug-likeness (QED) is 0.0486. The van der Waals surface area contributed by atoms with Crippen LogP contribution in [0.25, 0.3) is 20.9 Å². The van der Waals surface area contributed by atoms with Gasteiger partial charge in [0, 0.05) is 48.6 Å². The van der Waals surface area contributed by atoms with Gasteiger partial charge >= 0.3 is 0 Å². The van der Waals surface area contributed by atoms with Gasteiger partial charge < -0.3 is 29.2 Å². The van der Waals surface area contributed by atoms with Crippen LogP contribution in [-0.2, 0) is 56.8 Å². The highest BCUT2D eigenvalue weighted by Crippen LogP contribution is 2.43. The summed E-state index contributed by atoms with van der Waals surface area (Å²) in [6, 6.07) is 17.3. The Bertz CT molecular complexity index is 2120. The van der Waals surface area contributed by atoms with Crippen LogP contribution in [0.4, 0.5) is 0 Å². The maximum absolute atomic E-state index is 12.5. The number of phenols is 2. The average molecular weight is 875 g/mol. The Balaban J connectivity index is 1.83. The van der Waals surface area contributed by atoms with Gasteiger partial charge in [-0.25, -0.2) is 0 Å². The van der Waals surface area contributed by atoms with Crippen molar-refractivity contribution in [1.29, 1.82) is 0 Å². The van der Waals surface area contributed by atoms with Gasteiger partial charge in [0.1, 0.15) is 36.2 Å². The number of azide groups is 2. The number of phenolic OH excluding ortho intramolecular Hbond substituents is 2. The number of benzene rings is 4. The van der Waals surface area contributed by atoms with Crippen molar-refractivity contribution in [3.05, 3.63) is 136 Å². The molecule has 344 valence electrons. The van der Waals surface area contributed by atoms with E-state index >= 15 is 0 Å². The third kappa shape index (κ3) is 12.9. The number of nitrogens with zero attached hydrogens (tertiary/aromatic N) is 6. The second kappa shape index (κ2) is 20.6. The average Bonchev–Trinajstić information content (AvgIpc) is 3.19. The number of hydrogen-bond acceptors (Lipinski definition) is 8. The number of rotatable bonds is 14. The molecule has 0 amide bonds. The Labute approximate surface area is 380 Å². The molecule has 12 nitrogen and oxygen atoms in total. The summed E-state index contributed by atoms with van der Waals surface area (Å²) in [5.41, 5.74) is 27.7. The molecule has 0 aromatic heterocycles. The third-order valence-corrected chi connectivity index (χ3v) is 11.8. The molecule has 0 saturated heterocycles. The van der Waals surface area contributed by atoms with Gasteiger partial charge in [0.05, 0.1) is 26.4 Å². The fraction of sp³-hybridized carbons (Fsp3) is 0.538. The molecule has 0 aliphatic heterocycles. The molecule has 1 aliphatic carbocycles. The summed E-state index contributed by atoms with van der Waals surface area (Å²) >= 11 is 0. The summed E-state index contributed by atoms with van der Waals surface area (Å²) in [5.74, 6) is 1.84. The highest BCUT2D eigenvalue weighted by molar-refractivity contribution is 5.59. The maximum atomic E-state index is 12.5. The van der Waals surface area contributed by atoms with Gasteiger partial charge in [-0.3, -0.25) is 0 Å². The second-order valence-electron chi connectivity index (χ2n) is 21.1. The summed E-state index contributed by atoms with van der Waals surface area (Å²) < 4.78 is 25.0. The number of aromatic hydroxyl groups is 2. The molecule has 0 spiro atoms. The van der Waals surface area contributed by atoms with Crippen LogP contribution in [0.5, 0.6) is 23.0 Å². The molecule has 2 N–H and O–H groups in total. The fourth-order valence-electron chi connectivity index (χ4n) is 7.93. The molecule has 0 atom stereocenters. The summed E-state index contributed by atoms with van der Waals surface area (Å²) in [6.45, 7) is 28.4. The van der Waals surface area contributed by atoms with Gasteiger partial charge in [0.25, 0.3) is 0 Å². The van der Waals surface area contributed by atoms with Crippen LogP contribution in [0, 0.1) is 0 Å². The van der Waals surface area contributed by atoms with Crippen LogP contribution in [-0.4, -0.2) is 62.9 Å². The first kappa shape index (κ1) is 49.6.